The number of benzene rings is 2. The summed E-state index contributed by atoms with van der Waals surface area (Å²) < 4.78 is 42.6. The van der Waals surface area contributed by atoms with Crippen LogP contribution in [0.2, 0.25) is 0 Å². The van der Waals surface area contributed by atoms with Gasteiger partial charge in [-0.25, -0.2) is 13.2 Å². The van der Waals surface area contributed by atoms with E-state index in [2.05, 4.69) is 16.0 Å². The van der Waals surface area contributed by atoms with Gasteiger partial charge in [-0.3, -0.25) is 9.59 Å². The van der Waals surface area contributed by atoms with E-state index in [-0.39, 0.29) is 29.6 Å². The molecule has 0 saturated carbocycles. The molecule has 1 saturated heterocycles. The smallest absolute Gasteiger partial charge is 0.226 e. The summed E-state index contributed by atoms with van der Waals surface area (Å²) in [5.74, 6) is -4.26. The van der Waals surface area contributed by atoms with Crippen LogP contribution in [0.3, 0.4) is 0 Å². The van der Waals surface area contributed by atoms with E-state index in [9.17, 15) is 22.8 Å². The standard InChI is InChI=1S/C18H15F3IN3O2/c19-12-3-2-11(15(26)8-24-18(27)9-6-23-7-9)17(16(12)21)25-14-4-1-10(22)5-13(14)20/h1-5,9,23,25H,6-8H2,(H,24,27). The van der Waals surface area contributed by atoms with Crippen molar-refractivity contribution in [3.8, 4) is 0 Å². The van der Waals surface area contributed by atoms with Crippen molar-refractivity contribution in [1.29, 1.82) is 0 Å². The zero-order valence-corrected chi connectivity index (χ0v) is 16.1. The van der Waals surface area contributed by atoms with Crippen LogP contribution in [0.1, 0.15) is 10.4 Å². The molecular weight excluding hydrogens is 474 g/mol. The van der Waals surface area contributed by atoms with Crippen molar-refractivity contribution in [1.82, 2.24) is 10.6 Å². The van der Waals surface area contributed by atoms with Gasteiger partial charge in [-0.1, -0.05) is 0 Å². The second kappa shape index (κ2) is 8.26. The third-order valence-electron chi connectivity index (χ3n) is 4.16. The molecule has 1 fully saturated rings. The molecule has 3 rings (SSSR count). The van der Waals surface area contributed by atoms with Crippen LogP contribution < -0.4 is 16.0 Å². The molecule has 1 aliphatic rings. The number of hydrogen-bond donors (Lipinski definition) is 3. The van der Waals surface area contributed by atoms with Crippen LogP contribution in [0, 0.1) is 26.9 Å². The molecule has 1 heterocycles. The molecule has 1 aliphatic heterocycles. The highest BCUT2D eigenvalue weighted by molar-refractivity contribution is 14.1. The molecule has 3 N–H and O–H groups in total. The Hall–Kier alpha value is -2.14. The summed E-state index contributed by atoms with van der Waals surface area (Å²) >= 11 is 1.91. The summed E-state index contributed by atoms with van der Waals surface area (Å²) in [7, 11) is 0. The van der Waals surface area contributed by atoms with E-state index in [1.807, 2.05) is 22.6 Å². The van der Waals surface area contributed by atoms with Crippen molar-refractivity contribution in [2.24, 2.45) is 5.92 Å². The Labute approximate surface area is 166 Å². The minimum atomic E-state index is -1.30. The molecule has 2 aromatic rings. The van der Waals surface area contributed by atoms with Crippen LogP contribution in [0.15, 0.2) is 30.3 Å². The van der Waals surface area contributed by atoms with Crippen LogP contribution in [-0.4, -0.2) is 31.3 Å². The minimum absolute atomic E-state index is 0.0986. The van der Waals surface area contributed by atoms with Crippen molar-refractivity contribution in [2.45, 2.75) is 0 Å². The lowest BCUT2D eigenvalue weighted by Crippen LogP contribution is -2.51. The van der Waals surface area contributed by atoms with Crippen LogP contribution in [-0.2, 0) is 4.79 Å². The van der Waals surface area contributed by atoms with E-state index in [1.165, 1.54) is 12.1 Å². The Morgan fingerprint density at radius 2 is 1.85 bits per heavy atom. The lowest BCUT2D eigenvalue weighted by Gasteiger charge is -2.25. The number of rotatable bonds is 6. The number of halogens is 4. The summed E-state index contributed by atoms with van der Waals surface area (Å²) in [6.45, 7) is 0.693. The zero-order valence-electron chi connectivity index (χ0n) is 13.9. The number of amides is 1. The number of carbonyl (C=O) groups excluding carboxylic acids is 2. The summed E-state index contributed by atoms with van der Waals surface area (Å²) in [6.07, 6.45) is 0. The number of Topliss-reactive ketones (excluding diaryl/α,β-unsaturated/α-hetero) is 1. The van der Waals surface area contributed by atoms with Gasteiger partial charge in [0.25, 0.3) is 0 Å². The van der Waals surface area contributed by atoms with Crippen molar-refractivity contribution < 1.29 is 22.8 Å². The Kier molecular flexibility index (Phi) is 6.00. The fourth-order valence-corrected chi connectivity index (χ4v) is 2.96. The fourth-order valence-electron chi connectivity index (χ4n) is 2.51. The fraction of sp³-hybridized carbons (Fsp3) is 0.222. The molecule has 142 valence electrons. The molecule has 27 heavy (non-hydrogen) atoms. The topological polar surface area (TPSA) is 70.2 Å². The van der Waals surface area contributed by atoms with Gasteiger partial charge in [-0.15, -0.1) is 0 Å². The maximum absolute atomic E-state index is 14.3. The molecule has 2 aromatic carbocycles. The molecule has 0 spiro atoms. The summed E-state index contributed by atoms with van der Waals surface area (Å²) in [4.78, 5) is 24.3. The van der Waals surface area contributed by atoms with Crippen molar-refractivity contribution >= 4 is 45.7 Å². The average molecular weight is 489 g/mol. The predicted octanol–water partition coefficient (Wildman–Crippen LogP) is 2.97. The van der Waals surface area contributed by atoms with E-state index < -0.39 is 28.9 Å². The van der Waals surface area contributed by atoms with Crippen LogP contribution >= 0.6 is 22.6 Å². The van der Waals surface area contributed by atoms with Crippen LogP contribution in [0.5, 0.6) is 0 Å². The Morgan fingerprint density at radius 1 is 1.11 bits per heavy atom. The first-order chi connectivity index (χ1) is 12.9. The molecule has 0 radical (unpaired) electrons. The van der Waals surface area contributed by atoms with E-state index >= 15 is 0 Å². The third kappa shape index (κ3) is 4.41. The highest BCUT2D eigenvalue weighted by atomic mass is 127. The minimum Gasteiger partial charge on any atom is -0.350 e. The molecular formula is C18H15F3IN3O2. The summed E-state index contributed by atoms with van der Waals surface area (Å²) in [5, 5.41) is 7.87. The van der Waals surface area contributed by atoms with Gasteiger partial charge in [-0.2, -0.15) is 0 Å². The highest BCUT2D eigenvalue weighted by Gasteiger charge is 2.26. The second-order valence-corrected chi connectivity index (χ2v) is 7.27. The summed E-state index contributed by atoms with van der Waals surface area (Å²) in [5.41, 5.74) is -0.753. The Bertz CT molecular complexity index is 904. The van der Waals surface area contributed by atoms with Gasteiger partial charge in [0.1, 0.15) is 5.82 Å². The van der Waals surface area contributed by atoms with E-state index in [4.69, 9.17) is 0 Å². The van der Waals surface area contributed by atoms with Crippen LogP contribution in [0.4, 0.5) is 24.5 Å². The second-order valence-electron chi connectivity index (χ2n) is 6.03. The van der Waals surface area contributed by atoms with Crippen molar-refractivity contribution in [3.63, 3.8) is 0 Å². The highest BCUT2D eigenvalue weighted by Crippen LogP contribution is 2.28. The van der Waals surface area contributed by atoms with Gasteiger partial charge < -0.3 is 16.0 Å². The van der Waals surface area contributed by atoms with Crippen molar-refractivity contribution in [2.75, 3.05) is 25.0 Å². The molecule has 0 aromatic heterocycles. The molecule has 5 nitrogen and oxygen atoms in total. The van der Waals surface area contributed by atoms with E-state index in [0.717, 1.165) is 12.1 Å². The number of hydrogen-bond acceptors (Lipinski definition) is 4. The molecule has 0 bridgehead atoms. The maximum Gasteiger partial charge on any atom is 0.226 e. The molecule has 1 amide bonds. The number of nitrogens with one attached hydrogen (secondary N) is 3. The Balaban J connectivity index is 1.83. The van der Waals surface area contributed by atoms with Gasteiger partial charge in [0.2, 0.25) is 5.91 Å². The monoisotopic (exact) mass is 489 g/mol. The lowest BCUT2D eigenvalue weighted by atomic mass is 10.0. The predicted molar refractivity (Wildman–Crippen MR) is 102 cm³/mol. The zero-order chi connectivity index (χ0) is 19.6. The lowest BCUT2D eigenvalue weighted by molar-refractivity contribution is -0.126. The first-order valence-corrected chi connectivity index (χ1v) is 9.16. The largest absolute Gasteiger partial charge is 0.350 e. The normalized spacial score (nSPS) is 13.8. The van der Waals surface area contributed by atoms with Gasteiger partial charge in [0.15, 0.2) is 17.4 Å². The molecule has 0 atom stereocenters. The first-order valence-electron chi connectivity index (χ1n) is 8.08. The van der Waals surface area contributed by atoms with E-state index in [0.29, 0.717) is 16.7 Å². The maximum atomic E-state index is 14.3. The molecule has 0 unspecified atom stereocenters. The number of ketones is 1. The summed E-state index contributed by atoms with van der Waals surface area (Å²) in [6, 6.07) is 6.08. The van der Waals surface area contributed by atoms with Gasteiger partial charge in [0, 0.05) is 22.2 Å². The van der Waals surface area contributed by atoms with E-state index in [1.54, 1.807) is 6.07 Å². The van der Waals surface area contributed by atoms with Gasteiger partial charge in [-0.05, 0) is 52.9 Å². The first kappa shape index (κ1) is 19.6. The SMILES string of the molecule is O=C(CNC(=O)C1CNC1)c1ccc(F)c(F)c1Nc1ccc(I)cc1F. The molecule has 9 heteroatoms. The quantitative estimate of drug-likeness (QED) is 0.432. The number of carbonyl (C=O) groups is 2. The third-order valence-corrected chi connectivity index (χ3v) is 4.83. The molecule has 0 aliphatic carbocycles. The Morgan fingerprint density at radius 3 is 2.48 bits per heavy atom. The van der Waals surface area contributed by atoms with Crippen LogP contribution in [0.25, 0.3) is 0 Å². The van der Waals surface area contributed by atoms with Crippen molar-refractivity contribution in [3.05, 3.63) is 56.9 Å². The average Bonchev–Trinajstić information content (AvgIpc) is 2.57. The van der Waals surface area contributed by atoms with Gasteiger partial charge >= 0.3 is 0 Å². The number of anilines is 2. The van der Waals surface area contributed by atoms with Gasteiger partial charge in [0.05, 0.1) is 23.8 Å².